The lowest BCUT2D eigenvalue weighted by Gasteiger charge is -1.98. The van der Waals surface area contributed by atoms with Gasteiger partial charge in [0.25, 0.3) is 0 Å². The summed E-state index contributed by atoms with van der Waals surface area (Å²) in [6.07, 6.45) is 3.05. The highest BCUT2D eigenvalue weighted by Gasteiger charge is 2.10. The van der Waals surface area contributed by atoms with Gasteiger partial charge in [0.1, 0.15) is 6.26 Å². The van der Waals surface area contributed by atoms with Crippen LogP contribution in [0.5, 0.6) is 0 Å². The highest BCUT2D eigenvalue weighted by molar-refractivity contribution is 5.76. The standard InChI is InChI=1S/C11H9N3O3/c12-8-1-2-9-10(3-8)17-11(15)14(9)5-7-4-13-16-6-7/h1-4,6H,5,12H2. The number of nitrogens with zero attached hydrogens (tertiary/aromatic N) is 2. The highest BCUT2D eigenvalue weighted by Crippen LogP contribution is 2.17. The first-order valence-electron chi connectivity index (χ1n) is 5.01. The van der Waals surface area contributed by atoms with Crippen molar-refractivity contribution in [2.24, 2.45) is 0 Å². The van der Waals surface area contributed by atoms with Crippen LogP contribution in [0, 0.1) is 0 Å². The summed E-state index contributed by atoms with van der Waals surface area (Å²) in [6.45, 7) is 0.360. The normalized spacial score (nSPS) is 11.1. The summed E-state index contributed by atoms with van der Waals surface area (Å²) in [7, 11) is 0. The molecular weight excluding hydrogens is 222 g/mol. The van der Waals surface area contributed by atoms with Crippen molar-refractivity contribution in [3.8, 4) is 0 Å². The molecule has 0 atom stereocenters. The van der Waals surface area contributed by atoms with Gasteiger partial charge in [-0.05, 0) is 12.1 Å². The van der Waals surface area contributed by atoms with Crippen LogP contribution < -0.4 is 11.5 Å². The van der Waals surface area contributed by atoms with Gasteiger partial charge in [0.15, 0.2) is 5.58 Å². The average molecular weight is 231 g/mol. The van der Waals surface area contributed by atoms with Gasteiger partial charge in [0.05, 0.1) is 18.3 Å². The van der Waals surface area contributed by atoms with Crippen molar-refractivity contribution < 1.29 is 8.94 Å². The molecule has 86 valence electrons. The molecule has 0 aliphatic carbocycles. The maximum atomic E-state index is 11.7. The molecule has 0 fully saturated rings. The highest BCUT2D eigenvalue weighted by atomic mass is 16.5. The minimum absolute atomic E-state index is 0.360. The number of nitrogen functional groups attached to an aromatic ring is 1. The molecule has 2 heterocycles. The Morgan fingerprint density at radius 2 is 2.29 bits per heavy atom. The van der Waals surface area contributed by atoms with Crippen LogP contribution in [0.4, 0.5) is 5.69 Å². The number of rotatable bonds is 2. The molecule has 0 aliphatic heterocycles. The van der Waals surface area contributed by atoms with Crippen LogP contribution in [0.2, 0.25) is 0 Å². The molecule has 2 N–H and O–H groups in total. The van der Waals surface area contributed by atoms with Crippen LogP contribution in [0.25, 0.3) is 11.1 Å². The fourth-order valence-corrected chi connectivity index (χ4v) is 1.72. The molecule has 0 spiro atoms. The van der Waals surface area contributed by atoms with Crippen molar-refractivity contribution >= 4 is 16.8 Å². The van der Waals surface area contributed by atoms with Gasteiger partial charge in [-0.1, -0.05) is 5.16 Å². The van der Waals surface area contributed by atoms with Gasteiger partial charge < -0.3 is 14.7 Å². The van der Waals surface area contributed by atoms with E-state index in [1.54, 1.807) is 24.4 Å². The predicted octanol–water partition coefficient (Wildman–Crippen LogP) is 1.21. The molecule has 0 aliphatic rings. The van der Waals surface area contributed by atoms with Gasteiger partial charge in [0, 0.05) is 17.3 Å². The lowest BCUT2D eigenvalue weighted by molar-refractivity contribution is 0.418. The summed E-state index contributed by atoms with van der Waals surface area (Å²) in [5.74, 6) is -0.424. The summed E-state index contributed by atoms with van der Waals surface area (Å²) in [6, 6.07) is 5.10. The van der Waals surface area contributed by atoms with Crippen molar-refractivity contribution in [3.63, 3.8) is 0 Å². The Morgan fingerprint density at radius 3 is 3.06 bits per heavy atom. The van der Waals surface area contributed by atoms with Crippen LogP contribution in [0.3, 0.4) is 0 Å². The lowest BCUT2D eigenvalue weighted by Crippen LogP contribution is -2.14. The first-order valence-corrected chi connectivity index (χ1v) is 5.01. The molecule has 3 aromatic rings. The molecule has 1 aromatic carbocycles. The number of aromatic nitrogens is 2. The van der Waals surface area contributed by atoms with E-state index in [1.807, 2.05) is 0 Å². The van der Waals surface area contributed by atoms with E-state index in [2.05, 4.69) is 5.16 Å². The van der Waals surface area contributed by atoms with Crippen LogP contribution in [-0.2, 0) is 6.54 Å². The summed E-state index contributed by atoms with van der Waals surface area (Å²) in [5.41, 5.74) is 8.16. The van der Waals surface area contributed by atoms with Crippen LogP contribution in [-0.4, -0.2) is 9.72 Å². The molecule has 0 radical (unpaired) electrons. The van der Waals surface area contributed by atoms with Crippen LogP contribution in [0.1, 0.15) is 5.56 Å². The van der Waals surface area contributed by atoms with Crippen LogP contribution in [0.15, 0.2) is 44.4 Å². The Labute approximate surface area is 95.2 Å². The molecule has 0 unspecified atom stereocenters. The van der Waals surface area contributed by atoms with E-state index in [0.29, 0.717) is 23.3 Å². The first kappa shape index (κ1) is 9.71. The second-order valence-electron chi connectivity index (χ2n) is 3.71. The van der Waals surface area contributed by atoms with E-state index in [4.69, 9.17) is 14.7 Å². The molecule has 0 bridgehead atoms. The van der Waals surface area contributed by atoms with Gasteiger partial charge in [-0.3, -0.25) is 4.57 Å². The number of hydrogen-bond donors (Lipinski definition) is 1. The molecule has 6 heteroatoms. The summed E-state index contributed by atoms with van der Waals surface area (Å²) in [4.78, 5) is 11.7. The lowest BCUT2D eigenvalue weighted by atomic mass is 10.3. The fourth-order valence-electron chi connectivity index (χ4n) is 1.72. The summed E-state index contributed by atoms with van der Waals surface area (Å²) >= 11 is 0. The molecular formula is C11H9N3O3. The van der Waals surface area contributed by atoms with E-state index in [1.165, 1.54) is 10.8 Å². The zero-order valence-corrected chi connectivity index (χ0v) is 8.79. The first-order chi connectivity index (χ1) is 8.24. The Morgan fingerprint density at radius 1 is 1.41 bits per heavy atom. The molecule has 0 amide bonds. The van der Waals surface area contributed by atoms with Crippen molar-refractivity contribution in [3.05, 3.63) is 46.8 Å². The summed E-state index contributed by atoms with van der Waals surface area (Å²) < 4.78 is 11.3. The third-order valence-electron chi connectivity index (χ3n) is 2.52. The van der Waals surface area contributed by atoms with Crippen molar-refractivity contribution in [1.29, 1.82) is 0 Å². The van der Waals surface area contributed by atoms with Crippen molar-refractivity contribution in [2.45, 2.75) is 6.54 Å². The maximum absolute atomic E-state index is 11.7. The molecule has 17 heavy (non-hydrogen) atoms. The van der Waals surface area contributed by atoms with Crippen molar-refractivity contribution in [1.82, 2.24) is 9.72 Å². The van der Waals surface area contributed by atoms with Gasteiger partial charge in [-0.2, -0.15) is 0 Å². The maximum Gasteiger partial charge on any atom is 0.420 e. The molecule has 3 rings (SSSR count). The molecule has 0 saturated carbocycles. The zero-order valence-electron chi connectivity index (χ0n) is 8.79. The van der Waals surface area contributed by atoms with Gasteiger partial charge in [-0.25, -0.2) is 4.79 Å². The second kappa shape index (κ2) is 3.51. The van der Waals surface area contributed by atoms with E-state index in [9.17, 15) is 4.79 Å². The molecule has 2 aromatic heterocycles. The van der Waals surface area contributed by atoms with Gasteiger partial charge in [0.2, 0.25) is 0 Å². The number of oxazole rings is 1. The van der Waals surface area contributed by atoms with E-state index in [-0.39, 0.29) is 0 Å². The number of nitrogens with two attached hydrogens (primary N) is 1. The zero-order chi connectivity index (χ0) is 11.8. The minimum atomic E-state index is -0.424. The number of hydrogen-bond acceptors (Lipinski definition) is 5. The Bertz CT molecular complexity index is 709. The fraction of sp³-hybridized carbons (Fsp3) is 0.0909. The van der Waals surface area contributed by atoms with E-state index >= 15 is 0 Å². The Balaban J connectivity index is 2.16. The summed E-state index contributed by atoms with van der Waals surface area (Å²) in [5, 5.41) is 3.59. The monoisotopic (exact) mass is 231 g/mol. The quantitative estimate of drug-likeness (QED) is 0.670. The van der Waals surface area contributed by atoms with Gasteiger partial charge in [-0.15, -0.1) is 0 Å². The third-order valence-corrected chi connectivity index (χ3v) is 2.52. The smallest absolute Gasteiger partial charge is 0.408 e. The number of fused-ring (bicyclic) bond motifs is 1. The number of anilines is 1. The van der Waals surface area contributed by atoms with Crippen LogP contribution >= 0.6 is 0 Å². The second-order valence-corrected chi connectivity index (χ2v) is 3.71. The topological polar surface area (TPSA) is 87.2 Å². The minimum Gasteiger partial charge on any atom is -0.408 e. The van der Waals surface area contributed by atoms with Gasteiger partial charge >= 0.3 is 5.76 Å². The largest absolute Gasteiger partial charge is 0.420 e. The average Bonchev–Trinajstić information content (AvgIpc) is 2.88. The van der Waals surface area contributed by atoms with Crippen molar-refractivity contribution in [2.75, 3.05) is 5.73 Å². The SMILES string of the molecule is Nc1ccc2c(c1)oc(=O)n2Cc1cnoc1. The number of benzene rings is 1. The Hall–Kier alpha value is -2.50. The Kier molecular flexibility index (Phi) is 2.01. The molecule has 0 saturated heterocycles. The molecule has 6 nitrogen and oxygen atoms in total. The third kappa shape index (κ3) is 1.59. The predicted molar refractivity (Wildman–Crippen MR) is 60.5 cm³/mol. The van der Waals surface area contributed by atoms with E-state index < -0.39 is 5.76 Å². The van der Waals surface area contributed by atoms with E-state index in [0.717, 1.165) is 5.56 Å².